The number of nitrogens with two attached hydrogens (primary N) is 2. The molecule has 2 aliphatic heterocycles. The first kappa shape index (κ1) is 22.0. The zero-order valence-electron chi connectivity index (χ0n) is 17.6. The highest BCUT2D eigenvalue weighted by Gasteiger charge is 2.18. The van der Waals surface area contributed by atoms with E-state index in [1.165, 1.54) is 0 Å². The zero-order valence-corrected chi connectivity index (χ0v) is 17.6. The first-order chi connectivity index (χ1) is 14.5. The molecule has 0 bridgehead atoms. The van der Waals surface area contributed by atoms with Crippen molar-refractivity contribution < 1.29 is 5.32 Å². The molecule has 7 N–H and O–H groups in total. The molecular formula is C20H31N8O2+. The van der Waals surface area contributed by atoms with Crippen LogP contribution in [0.5, 0.6) is 0 Å². The van der Waals surface area contributed by atoms with Crippen LogP contribution in [0.25, 0.3) is 22.6 Å². The number of nitrogens with zero attached hydrogens (tertiary/aromatic N) is 3. The van der Waals surface area contributed by atoms with Gasteiger partial charge in [-0.1, -0.05) is 0 Å². The van der Waals surface area contributed by atoms with Gasteiger partial charge >= 0.3 is 5.69 Å². The molecule has 2 aliphatic rings. The number of nitrogens with one attached hydrogen (secondary N) is 3. The van der Waals surface area contributed by atoms with Gasteiger partial charge in [0.1, 0.15) is 0 Å². The van der Waals surface area contributed by atoms with Crippen molar-refractivity contribution in [2.24, 2.45) is 5.73 Å². The molecule has 0 amide bonds. The molecule has 2 heterocycles. The third-order valence-corrected chi connectivity index (χ3v) is 5.11. The van der Waals surface area contributed by atoms with E-state index >= 15 is 0 Å². The maximum atomic E-state index is 12.3. The Morgan fingerprint density at radius 3 is 2.53 bits per heavy atom. The molecule has 3 rings (SSSR count). The molecule has 0 atom stereocenters. The third kappa shape index (κ3) is 5.28. The van der Waals surface area contributed by atoms with E-state index in [1.54, 1.807) is 0 Å². The predicted molar refractivity (Wildman–Crippen MR) is 117 cm³/mol. The summed E-state index contributed by atoms with van der Waals surface area (Å²) in [5.41, 5.74) is 8.27. The van der Waals surface area contributed by atoms with E-state index in [9.17, 15) is 9.59 Å². The van der Waals surface area contributed by atoms with Gasteiger partial charge in [-0.3, -0.25) is 9.78 Å². The lowest BCUT2D eigenvalue weighted by molar-refractivity contribution is -0.650. The average Bonchev–Trinajstić information content (AvgIpc) is 2.70. The fourth-order valence-corrected chi connectivity index (χ4v) is 3.36. The van der Waals surface area contributed by atoms with Gasteiger partial charge < -0.3 is 26.3 Å². The standard InChI is InChI=1S/C20H30N8O2/c1-13-11-15-16(12-14(13)2)28(18-17(25-15)19(29)27-20(30)26-18)10-9-24-8-7-23-6-5-22-4-3-21/h11-12,22-24H,3-10,21H2,1-2H3,(H,27,29,30)/p+1. The van der Waals surface area contributed by atoms with Crippen molar-refractivity contribution in [3.8, 4) is 11.5 Å². The van der Waals surface area contributed by atoms with Crippen molar-refractivity contribution in [1.29, 1.82) is 0 Å². The second kappa shape index (κ2) is 10.4. The number of rotatable bonds is 11. The fraction of sp³-hybridized carbons (Fsp3) is 0.500. The van der Waals surface area contributed by atoms with Crippen molar-refractivity contribution in [3.63, 3.8) is 0 Å². The van der Waals surface area contributed by atoms with E-state index in [2.05, 4.69) is 30.9 Å². The molecule has 0 saturated carbocycles. The van der Waals surface area contributed by atoms with Crippen LogP contribution < -0.4 is 32.9 Å². The monoisotopic (exact) mass is 415 g/mol. The number of benzene rings is 1. The Morgan fingerprint density at radius 1 is 1.03 bits per heavy atom. The number of fused-ring (bicyclic) bond motifs is 2. The van der Waals surface area contributed by atoms with Crippen molar-refractivity contribution in [2.75, 3.05) is 45.8 Å². The van der Waals surface area contributed by atoms with Gasteiger partial charge in [0.15, 0.2) is 11.5 Å². The molecular weight excluding hydrogens is 384 g/mol. The van der Waals surface area contributed by atoms with E-state index < -0.39 is 11.2 Å². The second-order valence-electron chi connectivity index (χ2n) is 7.39. The van der Waals surface area contributed by atoms with Crippen LogP contribution >= 0.6 is 0 Å². The summed E-state index contributed by atoms with van der Waals surface area (Å²) in [5.74, 6) is 0.315. The van der Waals surface area contributed by atoms with Crippen LogP contribution in [0.1, 0.15) is 11.1 Å². The second-order valence-corrected chi connectivity index (χ2v) is 7.39. The minimum Gasteiger partial charge on any atom is -0.344 e. The van der Waals surface area contributed by atoms with Crippen LogP contribution in [0.4, 0.5) is 0 Å². The molecule has 0 radical (unpaired) electrons. The van der Waals surface area contributed by atoms with E-state index in [1.807, 2.05) is 30.5 Å². The number of aryl methyl sites for hydroxylation is 2. The number of hydrogen-bond acceptors (Lipinski definition) is 7. The lowest BCUT2D eigenvalue weighted by atomic mass is 10.1. The van der Waals surface area contributed by atoms with Crippen molar-refractivity contribution >= 4 is 11.0 Å². The molecule has 30 heavy (non-hydrogen) atoms. The fourth-order valence-electron chi connectivity index (χ4n) is 3.36. The predicted octanol–water partition coefficient (Wildman–Crippen LogP) is -2.10. The molecule has 1 aromatic rings. The minimum atomic E-state index is -0.658. The summed E-state index contributed by atoms with van der Waals surface area (Å²) in [6.07, 6.45) is 0. The number of aromatic nitrogens is 4. The molecule has 10 nitrogen and oxygen atoms in total. The summed E-state index contributed by atoms with van der Waals surface area (Å²) < 4.78 is 1.91. The van der Waals surface area contributed by atoms with Crippen molar-refractivity contribution in [2.45, 2.75) is 20.4 Å². The quantitative estimate of drug-likeness (QED) is 0.178. The van der Waals surface area contributed by atoms with Gasteiger partial charge in [0.2, 0.25) is 0 Å². The van der Waals surface area contributed by atoms with Crippen LogP contribution in [-0.4, -0.2) is 65.3 Å². The largest absolute Gasteiger partial charge is 0.349 e. The van der Waals surface area contributed by atoms with Crippen LogP contribution in [0.15, 0.2) is 21.7 Å². The summed E-state index contributed by atoms with van der Waals surface area (Å²) in [5, 5.41) is 8.97. The highest BCUT2D eigenvalue weighted by Crippen LogP contribution is 2.23. The molecule has 0 unspecified atom stereocenters. The van der Waals surface area contributed by atoms with Crippen LogP contribution in [0, 0.1) is 13.8 Å². The van der Waals surface area contributed by atoms with Gasteiger partial charge in [0.05, 0.1) is 24.1 Å². The number of H-pyrrole nitrogens is 1. The molecule has 0 fully saturated rings. The normalized spacial score (nSPS) is 11.6. The summed E-state index contributed by atoms with van der Waals surface area (Å²) in [6.45, 7) is 10.6. The van der Waals surface area contributed by atoms with Crippen LogP contribution in [0.2, 0.25) is 0 Å². The van der Waals surface area contributed by atoms with E-state index in [4.69, 9.17) is 5.73 Å². The Labute approximate surface area is 174 Å². The molecule has 1 aromatic carbocycles. The summed E-state index contributed by atoms with van der Waals surface area (Å²) >= 11 is 0. The lowest BCUT2D eigenvalue weighted by Gasteiger charge is -2.18. The third-order valence-electron chi connectivity index (χ3n) is 5.11. The molecule has 162 valence electrons. The van der Waals surface area contributed by atoms with Gasteiger partial charge in [0, 0.05) is 39.3 Å². The molecule has 0 spiro atoms. The highest BCUT2D eigenvalue weighted by atomic mass is 16.2. The van der Waals surface area contributed by atoms with Gasteiger partial charge in [-0.2, -0.15) is 4.98 Å². The van der Waals surface area contributed by atoms with E-state index in [0.29, 0.717) is 31.0 Å². The van der Waals surface area contributed by atoms with Gasteiger partial charge in [-0.05, 0) is 37.1 Å². The van der Waals surface area contributed by atoms with E-state index in [-0.39, 0.29) is 5.69 Å². The molecule has 0 saturated heterocycles. The summed E-state index contributed by atoms with van der Waals surface area (Å²) in [4.78, 5) is 34.8. The highest BCUT2D eigenvalue weighted by molar-refractivity contribution is 5.81. The Bertz CT molecular complexity index is 1070. The minimum absolute atomic E-state index is 0.181. The Kier molecular flexibility index (Phi) is 7.63. The Balaban J connectivity index is 1.71. The molecule has 0 aromatic heterocycles. The number of hydrogen-bond donors (Lipinski definition) is 5. The SMILES string of the molecule is Cc1cc2nc3c(=O)[nH]c(=O)nc-3n(CCNCCNCC[NH2+]CCN)c2cc1C. The zero-order chi connectivity index (χ0) is 21.5. The van der Waals surface area contributed by atoms with Crippen LogP contribution in [-0.2, 0) is 6.54 Å². The maximum absolute atomic E-state index is 12.3. The summed E-state index contributed by atoms with van der Waals surface area (Å²) in [7, 11) is 0. The summed E-state index contributed by atoms with van der Waals surface area (Å²) in [6, 6.07) is 3.99. The topological polar surface area (TPSA) is 147 Å². The Morgan fingerprint density at radius 2 is 1.77 bits per heavy atom. The van der Waals surface area contributed by atoms with E-state index in [0.717, 1.165) is 49.4 Å². The first-order valence-corrected chi connectivity index (χ1v) is 10.4. The smallest absolute Gasteiger partial charge is 0.344 e. The lowest BCUT2D eigenvalue weighted by Crippen LogP contribution is -2.86. The van der Waals surface area contributed by atoms with Gasteiger partial charge in [-0.15, -0.1) is 0 Å². The van der Waals surface area contributed by atoms with Crippen molar-refractivity contribution in [3.05, 3.63) is 44.1 Å². The van der Waals surface area contributed by atoms with Crippen molar-refractivity contribution in [1.82, 2.24) is 30.2 Å². The van der Waals surface area contributed by atoms with Gasteiger partial charge in [0.25, 0.3) is 5.56 Å². The Hall–Kier alpha value is -2.66. The molecule has 10 heteroatoms. The van der Waals surface area contributed by atoms with Gasteiger partial charge in [-0.25, -0.2) is 9.78 Å². The first-order valence-electron chi connectivity index (χ1n) is 10.4. The molecule has 0 aliphatic carbocycles. The maximum Gasteiger partial charge on any atom is 0.349 e. The average molecular weight is 416 g/mol. The number of aromatic amines is 1. The number of quaternary nitrogens is 1. The van der Waals surface area contributed by atoms with Crippen LogP contribution in [0.3, 0.4) is 0 Å².